The molecule has 1 aromatic rings. The van der Waals surface area contributed by atoms with E-state index in [0.717, 1.165) is 6.20 Å². The highest BCUT2D eigenvalue weighted by Gasteiger charge is 2.09. The molecule has 1 aromatic heterocycles. The van der Waals surface area contributed by atoms with E-state index in [2.05, 4.69) is 20.3 Å². The minimum absolute atomic E-state index is 0.0868. The summed E-state index contributed by atoms with van der Waals surface area (Å²) < 4.78 is 0. The Balaban J connectivity index is 2.70. The summed E-state index contributed by atoms with van der Waals surface area (Å²) in [6, 6.07) is 0. The van der Waals surface area contributed by atoms with Crippen molar-refractivity contribution in [3.63, 3.8) is 0 Å². The van der Waals surface area contributed by atoms with Crippen LogP contribution >= 0.6 is 0 Å². The molecule has 0 aromatic carbocycles. The van der Waals surface area contributed by atoms with Gasteiger partial charge in [-0.3, -0.25) is 14.6 Å². The molecule has 1 heterocycles. The number of carbonyl (C=O) groups excluding carboxylic acids is 1. The Morgan fingerprint density at radius 2 is 2.31 bits per heavy atom. The van der Waals surface area contributed by atoms with E-state index in [1.54, 1.807) is 0 Å². The largest absolute Gasteiger partial charge is 0.352 e. The van der Waals surface area contributed by atoms with Gasteiger partial charge in [-0.05, 0) is 5.53 Å². The average Bonchev–Trinajstić information content (AvgIpc) is 2.24. The predicted octanol–water partition coefficient (Wildman–Crippen LogP) is -0.897. The summed E-state index contributed by atoms with van der Waals surface area (Å²) in [4.78, 5) is 39.7. The van der Waals surface area contributed by atoms with Gasteiger partial charge in [-0.15, -0.1) is 0 Å². The van der Waals surface area contributed by atoms with Crippen LogP contribution in [-0.4, -0.2) is 29.0 Å². The van der Waals surface area contributed by atoms with Crippen LogP contribution in [0.5, 0.6) is 0 Å². The molecular formula is C7H8N6O3. The molecule has 0 saturated carbocycles. The van der Waals surface area contributed by atoms with Crippen molar-refractivity contribution < 1.29 is 4.79 Å². The zero-order valence-corrected chi connectivity index (χ0v) is 8.06. The summed E-state index contributed by atoms with van der Waals surface area (Å²) in [6.45, 7) is 0.199. The summed E-state index contributed by atoms with van der Waals surface area (Å²) >= 11 is 0. The molecule has 9 nitrogen and oxygen atoms in total. The first-order chi connectivity index (χ1) is 7.65. The first-order valence-corrected chi connectivity index (χ1v) is 4.26. The van der Waals surface area contributed by atoms with E-state index in [0.29, 0.717) is 0 Å². The van der Waals surface area contributed by atoms with Gasteiger partial charge in [-0.25, -0.2) is 4.79 Å². The fourth-order valence-corrected chi connectivity index (χ4v) is 0.938. The summed E-state index contributed by atoms with van der Waals surface area (Å²) in [7, 11) is 0. The fourth-order valence-electron chi connectivity index (χ4n) is 0.938. The summed E-state index contributed by atoms with van der Waals surface area (Å²) in [5, 5.41) is 5.54. The molecule has 1 rings (SSSR count). The maximum Gasteiger partial charge on any atom is 0.325 e. The quantitative estimate of drug-likeness (QED) is 0.264. The first kappa shape index (κ1) is 11.5. The Morgan fingerprint density at radius 3 is 2.94 bits per heavy atom. The Kier molecular flexibility index (Phi) is 3.87. The minimum atomic E-state index is -0.773. The molecule has 0 aliphatic heterocycles. The Labute approximate surface area is 88.1 Å². The van der Waals surface area contributed by atoms with E-state index >= 15 is 0 Å². The smallest absolute Gasteiger partial charge is 0.325 e. The van der Waals surface area contributed by atoms with E-state index in [1.807, 2.05) is 4.98 Å². The molecule has 0 aliphatic rings. The van der Waals surface area contributed by atoms with Crippen LogP contribution in [0.4, 0.5) is 0 Å². The maximum atomic E-state index is 11.4. The molecule has 0 saturated heterocycles. The zero-order valence-electron chi connectivity index (χ0n) is 8.06. The number of nitrogens with zero attached hydrogens (tertiary/aromatic N) is 3. The summed E-state index contributed by atoms with van der Waals surface area (Å²) in [6.07, 6.45) is 1.02. The van der Waals surface area contributed by atoms with Gasteiger partial charge < -0.3 is 10.3 Å². The molecule has 1 amide bonds. The predicted molar refractivity (Wildman–Crippen MR) is 54.0 cm³/mol. The van der Waals surface area contributed by atoms with Crippen LogP contribution in [0.25, 0.3) is 10.4 Å². The Bertz CT molecular complexity index is 538. The van der Waals surface area contributed by atoms with Crippen molar-refractivity contribution in [2.75, 3.05) is 13.1 Å². The lowest BCUT2D eigenvalue weighted by molar-refractivity contribution is 0.0953. The molecule has 0 atom stereocenters. The third kappa shape index (κ3) is 3.00. The maximum absolute atomic E-state index is 11.4. The molecule has 3 N–H and O–H groups in total. The van der Waals surface area contributed by atoms with Gasteiger partial charge >= 0.3 is 5.69 Å². The lowest BCUT2D eigenvalue weighted by atomic mass is 10.3. The van der Waals surface area contributed by atoms with Crippen LogP contribution in [0.15, 0.2) is 20.9 Å². The van der Waals surface area contributed by atoms with Crippen LogP contribution in [0, 0.1) is 0 Å². The van der Waals surface area contributed by atoms with Gasteiger partial charge in [0.05, 0.1) is 0 Å². The molecule has 0 spiro atoms. The normalized spacial score (nSPS) is 9.25. The fraction of sp³-hybridized carbons (Fsp3) is 0.286. The number of H-pyrrole nitrogens is 2. The number of aromatic nitrogens is 2. The standard InChI is InChI=1S/C7H8N6O3/c8-13-11-2-1-9-5(14)4-3-10-7(16)12-6(4)15/h3H,1-2H2,(H,9,14)(H2,10,12,15,16). The highest BCUT2D eigenvalue weighted by molar-refractivity contribution is 5.93. The summed E-state index contributed by atoms with van der Waals surface area (Å²) in [5.74, 6) is -0.648. The Morgan fingerprint density at radius 1 is 1.56 bits per heavy atom. The van der Waals surface area contributed by atoms with Gasteiger partial charge in [0.25, 0.3) is 11.5 Å². The molecule has 84 valence electrons. The van der Waals surface area contributed by atoms with Crippen LogP contribution < -0.4 is 16.6 Å². The topological polar surface area (TPSA) is 144 Å². The number of aromatic amines is 2. The number of amides is 1. The van der Waals surface area contributed by atoms with E-state index in [1.165, 1.54) is 0 Å². The Hall–Kier alpha value is -2.54. The molecule has 0 bridgehead atoms. The van der Waals surface area contributed by atoms with Gasteiger partial charge in [-0.1, -0.05) is 5.11 Å². The number of nitrogens with one attached hydrogen (secondary N) is 3. The van der Waals surface area contributed by atoms with Crippen molar-refractivity contribution >= 4 is 5.91 Å². The number of rotatable bonds is 4. The highest BCUT2D eigenvalue weighted by atomic mass is 16.2. The van der Waals surface area contributed by atoms with Crippen molar-refractivity contribution in [1.29, 1.82) is 0 Å². The number of hydrogen-bond acceptors (Lipinski definition) is 4. The van der Waals surface area contributed by atoms with E-state index in [4.69, 9.17) is 5.53 Å². The van der Waals surface area contributed by atoms with Crippen LogP contribution in [0.1, 0.15) is 10.4 Å². The molecule has 16 heavy (non-hydrogen) atoms. The van der Waals surface area contributed by atoms with Crippen molar-refractivity contribution in [2.45, 2.75) is 0 Å². The molecule has 0 aliphatic carbocycles. The summed E-state index contributed by atoms with van der Waals surface area (Å²) in [5.41, 5.74) is 6.31. The van der Waals surface area contributed by atoms with Gasteiger partial charge in [-0.2, -0.15) is 0 Å². The zero-order chi connectivity index (χ0) is 12.0. The van der Waals surface area contributed by atoms with Crippen molar-refractivity contribution in [3.8, 4) is 0 Å². The second-order valence-corrected chi connectivity index (χ2v) is 2.70. The van der Waals surface area contributed by atoms with Crippen LogP contribution in [0.3, 0.4) is 0 Å². The van der Waals surface area contributed by atoms with E-state index in [-0.39, 0.29) is 18.7 Å². The molecular weight excluding hydrogens is 216 g/mol. The third-order valence-corrected chi connectivity index (χ3v) is 1.62. The first-order valence-electron chi connectivity index (χ1n) is 4.26. The second kappa shape index (κ2) is 5.37. The van der Waals surface area contributed by atoms with Crippen molar-refractivity contribution in [3.05, 3.63) is 43.0 Å². The van der Waals surface area contributed by atoms with Crippen molar-refractivity contribution in [2.24, 2.45) is 5.11 Å². The van der Waals surface area contributed by atoms with Crippen LogP contribution in [0.2, 0.25) is 0 Å². The highest BCUT2D eigenvalue weighted by Crippen LogP contribution is 1.84. The molecule has 0 unspecified atom stereocenters. The monoisotopic (exact) mass is 224 g/mol. The van der Waals surface area contributed by atoms with Gasteiger partial charge in [0, 0.05) is 24.2 Å². The van der Waals surface area contributed by atoms with Crippen molar-refractivity contribution in [1.82, 2.24) is 15.3 Å². The third-order valence-electron chi connectivity index (χ3n) is 1.62. The number of hydrogen-bond donors (Lipinski definition) is 3. The number of azide groups is 1. The van der Waals surface area contributed by atoms with Gasteiger partial charge in [0.15, 0.2) is 0 Å². The van der Waals surface area contributed by atoms with Gasteiger partial charge in [0.2, 0.25) is 0 Å². The average molecular weight is 224 g/mol. The SMILES string of the molecule is [N-]=[N+]=NCCNC(=O)c1c[nH]c(=O)[nH]c1=O. The lowest BCUT2D eigenvalue weighted by Crippen LogP contribution is -2.34. The van der Waals surface area contributed by atoms with E-state index < -0.39 is 17.2 Å². The molecule has 9 heteroatoms. The van der Waals surface area contributed by atoms with E-state index in [9.17, 15) is 14.4 Å². The molecule has 0 radical (unpaired) electrons. The molecule has 0 fully saturated rings. The minimum Gasteiger partial charge on any atom is -0.352 e. The van der Waals surface area contributed by atoms with Gasteiger partial charge in [0.1, 0.15) is 5.56 Å². The lowest BCUT2D eigenvalue weighted by Gasteiger charge is -2.00. The second-order valence-electron chi connectivity index (χ2n) is 2.70. The van der Waals surface area contributed by atoms with Crippen LogP contribution in [-0.2, 0) is 0 Å². The number of carbonyl (C=O) groups is 1.